The topological polar surface area (TPSA) is 15.3 Å². The molecule has 20 heavy (non-hydrogen) atoms. The number of nitrogens with one attached hydrogen (secondary N) is 1. The van der Waals surface area contributed by atoms with Gasteiger partial charge < -0.3 is 5.32 Å². The summed E-state index contributed by atoms with van der Waals surface area (Å²) in [6.07, 6.45) is 5.96. The van der Waals surface area contributed by atoms with Crippen LogP contribution in [-0.2, 0) is 0 Å². The summed E-state index contributed by atoms with van der Waals surface area (Å²) in [5.74, 6) is 1.06. The molecule has 0 bridgehead atoms. The Morgan fingerprint density at radius 1 is 1.20 bits per heavy atom. The van der Waals surface area contributed by atoms with Crippen LogP contribution < -0.4 is 5.32 Å². The lowest BCUT2D eigenvalue weighted by Crippen LogP contribution is -2.52. The molecule has 2 aliphatic carbocycles. The van der Waals surface area contributed by atoms with Crippen molar-refractivity contribution in [3.05, 3.63) is 35.9 Å². The Hall–Kier alpha value is -0.860. The first-order valence-electron chi connectivity index (χ1n) is 8.29. The van der Waals surface area contributed by atoms with Gasteiger partial charge in [-0.1, -0.05) is 30.3 Å². The first-order valence-corrected chi connectivity index (χ1v) is 8.29. The van der Waals surface area contributed by atoms with E-state index in [0.29, 0.717) is 17.5 Å². The molecule has 1 N–H and O–H groups in total. The highest BCUT2D eigenvalue weighted by molar-refractivity contribution is 5.21. The standard InChI is InChI=1S/C18H26N2/c1-14-12-20(13-18(9-10-18)16-7-8-16)17(11-19-14)15-5-3-2-4-6-15/h2-6,14,16-17,19H,7-13H2,1H3. The Bertz CT molecular complexity index is 462. The Labute approximate surface area is 122 Å². The van der Waals surface area contributed by atoms with E-state index in [1.54, 1.807) is 0 Å². The molecule has 2 saturated carbocycles. The molecule has 1 heterocycles. The van der Waals surface area contributed by atoms with Crippen molar-refractivity contribution >= 4 is 0 Å². The zero-order valence-corrected chi connectivity index (χ0v) is 12.5. The third-order valence-electron chi connectivity index (χ3n) is 5.65. The molecule has 2 nitrogen and oxygen atoms in total. The molecule has 2 unspecified atom stereocenters. The van der Waals surface area contributed by atoms with Crippen molar-refractivity contribution in [3.8, 4) is 0 Å². The zero-order valence-electron chi connectivity index (χ0n) is 12.5. The van der Waals surface area contributed by atoms with Gasteiger partial charge in [-0.25, -0.2) is 0 Å². The average Bonchev–Trinajstić information content (AvgIpc) is 3.34. The minimum atomic E-state index is 0.573. The lowest BCUT2D eigenvalue weighted by molar-refractivity contribution is 0.101. The van der Waals surface area contributed by atoms with E-state index in [1.807, 2.05) is 0 Å². The number of piperazine rings is 1. The van der Waals surface area contributed by atoms with Crippen molar-refractivity contribution in [3.63, 3.8) is 0 Å². The second kappa shape index (κ2) is 4.85. The van der Waals surface area contributed by atoms with Crippen LogP contribution in [0.15, 0.2) is 30.3 Å². The number of hydrogen-bond acceptors (Lipinski definition) is 2. The van der Waals surface area contributed by atoms with Crippen molar-refractivity contribution in [2.45, 2.75) is 44.7 Å². The first kappa shape index (κ1) is 12.8. The van der Waals surface area contributed by atoms with Crippen LogP contribution in [0.3, 0.4) is 0 Å². The van der Waals surface area contributed by atoms with E-state index in [2.05, 4.69) is 47.5 Å². The highest BCUT2D eigenvalue weighted by atomic mass is 15.2. The van der Waals surface area contributed by atoms with Crippen LogP contribution in [-0.4, -0.2) is 30.6 Å². The fraction of sp³-hybridized carbons (Fsp3) is 0.667. The molecule has 0 radical (unpaired) electrons. The van der Waals surface area contributed by atoms with Gasteiger partial charge in [0, 0.05) is 31.7 Å². The van der Waals surface area contributed by atoms with Gasteiger partial charge in [0.25, 0.3) is 0 Å². The molecule has 0 aromatic heterocycles. The van der Waals surface area contributed by atoms with Crippen molar-refractivity contribution < 1.29 is 0 Å². The van der Waals surface area contributed by atoms with E-state index >= 15 is 0 Å². The van der Waals surface area contributed by atoms with Crippen molar-refractivity contribution in [2.24, 2.45) is 11.3 Å². The van der Waals surface area contributed by atoms with E-state index < -0.39 is 0 Å². The average molecular weight is 270 g/mol. The number of rotatable bonds is 4. The van der Waals surface area contributed by atoms with E-state index in [-0.39, 0.29) is 0 Å². The summed E-state index contributed by atoms with van der Waals surface area (Å²) in [6.45, 7) is 5.97. The highest BCUT2D eigenvalue weighted by Gasteiger charge is 2.54. The molecule has 3 aliphatic rings. The van der Waals surface area contributed by atoms with Gasteiger partial charge in [0.05, 0.1) is 0 Å². The van der Waals surface area contributed by atoms with Gasteiger partial charge in [0.2, 0.25) is 0 Å². The summed E-state index contributed by atoms with van der Waals surface area (Å²) in [7, 11) is 0. The van der Waals surface area contributed by atoms with Crippen LogP contribution in [0.25, 0.3) is 0 Å². The fourth-order valence-corrected chi connectivity index (χ4v) is 4.12. The maximum absolute atomic E-state index is 3.67. The van der Waals surface area contributed by atoms with Crippen molar-refractivity contribution in [2.75, 3.05) is 19.6 Å². The summed E-state index contributed by atoms with van der Waals surface area (Å²) in [5, 5.41) is 3.67. The summed E-state index contributed by atoms with van der Waals surface area (Å²) in [6, 6.07) is 12.3. The van der Waals surface area contributed by atoms with Gasteiger partial charge >= 0.3 is 0 Å². The molecule has 1 aromatic carbocycles. The van der Waals surface area contributed by atoms with Crippen molar-refractivity contribution in [1.29, 1.82) is 0 Å². The Kier molecular flexibility index (Phi) is 3.12. The minimum absolute atomic E-state index is 0.573. The predicted molar refractivity (Wildman–Crippen MR) is 82.6 cm³/mol. The number of hydrogen-bond donors (Lipinski definition) is 1. The first-order chi connectivity index (χ1) is 9.77. The van der Waals surface area contributed by atoms with Crippen LogP contribution in [0.4, 0.5) is 0 Å². The third-order valence-corrected chi connectivity index (χ3v) is 5.65. The Balaban J connectivity index is 1.53. The normalized spacial score (nSPS) is 33.0. The van der Waals surface area contributed by atoms with Crippen molar-refractivity contribution in [1.82, 2.24) is 10.2 Å². The molecule has 2 atom stereocenters. The second-order valence-corrected chi connectivity index (χ2v) is 7.30. The van der Waals surface area contributed by atoms with E-state index in [4.69, 9.17) is 0 Å². The molecule has 1 saturated heterocycles. The number of benzene rings is 1. The molecule has 2 heteroatoms. The zero-order chi connectivity index (χ0) is 13.6. The Morgan fingerprint density at radius 2 is 1.95 bits per heavy atom. The predicted octanol–water partition coefficient (Wildman–Crippen LogP) is 3.21. The largest absolute Gasteiger partial charge is 0.311 e. The summed E-state index contributed by atoms with van der Waals surface area (Å²) in [5.41, 5.74) is 2.20. The summed E-state index contributed by atoms with van der Waals surface area (Å²) in [4.78, 5) is 2.78. The lowest BCUT2D eigenvalue weighted by atomic mass is 9.95. The van der Waals surface area contributed by atoms with E-state index in [1.165, 1.54) is 44.3 Å². The molecule has 1 aromatic rings. The third kappa shape index (κ3) is 2.40. The van der Waals surface area contributed by atoms with Crippen LogP contribution in [0.5, 0.6) is 0 Å². The van der Waals surface area contributed by atoms with Gasteiger partial charge in [-0.15, -0.1) is 0 Å². The van der Waals surface area contributed by atoms with Gasteiger partial charge in [0.15, 0.2) is 0 Å². The lowest BCUT2D eigenvalue weighted by Gasteiger charge is -2.41. The van der Waals surface area contributed by atoms with E-state index in [9.17, 15) is 0 Å². The van der Waals surface area contributed by atoms with E-state index in [0.717, 1.165) is 12.5 Å². The number of nitrogens with zero attached hydrogens (tertiary/aromatic N) is 1. The smallest absolute Gasteiger partial charge is 0.0473 e. The molecule has 3 fully saturated rings. The molecule has 1 aliphatic heterocycles. The van der Waals surface area contributed by atoms with Crippen LogP contribution in [0.1, 0.15) is 44.2 Å². The summed E-state index contributed by atoms with van der Waals surface area (Å²) >= 11 is 0. The molecular weight excluding hydrogens is 244 g/mol. The minimum Gasteiger partial charge on any atom is -0.311 e. The summed E-state index contributed by atoms with van der Waals surface area (Å²) < 4.78 is 0. The van der Waals surface area contributed by atoms with Crippen LogP contribution in [0, 0.1) is 11.3 Å². The van der Waals surface area contributed by atoms with Gasteiger partial charge in [-0.3, -0.25) is 4.90 Å². The second-order valence-electron chi connectivity index (χ2n) is 7.30. The molecule has 108 valence electrons. The molecule has 0 amide bonds. The highest BCUT2D eigenvalue weighted by Crippen LogP contribution is 2.62. The van der Waals surface area contributed by atoms with Gasteiger partial charge in [-0.05, 0) is 49.5 Å². The maximum Gasteiger partial charge on any atom is 0.0473 e. The molecule has 4 rings (SSSR count). The fourth-order valence-electron chi connectivity index (χ4n) is 4.12. The van der Waals surface area contributed by atoms with Crippen LogP contribution in [0.2, 0.25) is 0 Å². The SMILES string of the molecule is CC1CN(CC2(C3CC3)CC2)C(c2ccccc2)CN1. The van der Waals surface area contributed by atoms with Gasteiger partial charge in [-0.2, -0.15) is 0 Å². The molecular formula is C18H26N2. The maximum atomic E-state index is 3.67. The Morgan fingerprint density at radius 3 is 2.60 bits per heavy atom. The quantitative estimate of drug-likeness (QED) is 0.904. The van der Waals surface area contributed by atoms with Crippen LogP contribution >= 0.6 is 0 Å². The monoisotopic (exact) mass is 270 g/mol. The van der Waals surface area contributed by atoms with Gasteiger partial charge in [0.1, 0.15) is 0 Å². The molecule has 0 spiro atoms.